The van der Waals surface area contributed by atoms with Gasteiger partial charge in [0.2, 0.25) is 5.43 Å². The molecular weight excluding hydrogens is 466 g/mol. The fourth-order valence-electron chi connectivity index (χ4n) is 4.97. The van der Waals surface area contributed by atoms with Crippen LogP contribution in [0.5, 0.6) is 5.75 Å². The SMILES string of the molecule is O=C(O)c1cn2c(c(O)c1=O)C(=O)N(CC1CC1)CN2C1c2ccccc2CSc2ccccc21. The molecular formula is C26H23N3O5S. The number of amides is 1. The lowest BCUT2D eigenvalue weighted by Crippen LogP contribution is -2.56. The third-order valence-electron chi connectivity index (χ3n) is 6.90. The van der Waals surface area contributed by atoms with Crippen LogP contribution in [0.4, 0.5) is 0 Å². The summed E-state index contributed by atoms with van der Waals surface area (Å²) in [6.07, 6.45) is 3.24. The topological polar surface area (TPSA) is 103 Å². The lowest BCUT2D eigenvalue weighted by Gasteiger charge is -2.44. The van der Waals surface area contributed by atoms with Gasteiger partial charge in [-0.1, -0.05) is 42.5 Å². The number of rotatable bonds is 4. The van der Waals surface area contributed by atoms with E-state index in [1.54, 1.807) is 16.7 Å². The third-order valence-corrected chi connectivity index (χ3v) is 8.04. The van der Waals surface area contributed by atoms with Crippen molar-refractivity contribution in [3.05, 3.63) is 92.9 Å². The standard InChI is InChI=1S/C26H23N3O5S/c30-23-19(26(33)34)12-28-22(24(23)31)25(32)27(11-15-9-10-15)14-29(28)21-17-6-2-1-5-16(17)13-35-20-8-4-3-7-18(20)21/h1-8,12,15,21,31H,9-11,13-14H2,(H,33,34). The maximum absolute atomic E-state index is 13.4. The molecule has 3 aliphatic rings. The maximum Gasteiger partial charge on any atom is 0.341 e. The number of fused-ring (bicyclic) bond motifs is 3. The van der Waals surface area contributed by atoms with Crippen LogP contribution in [0.15, 0.2) is 64.4 Å². The van der Waals surface area contributed by atoms with Gasteiger partial charge < -0.3 is 15.1 Å². The minimum atomic E-state index is -1.45. The van der Waals surface area contributed by atoms with E-state index in [1.165, 1.54) is 10.9 Å². The van der Waals surface area contributed by atoms with Crippen molar-refractivity contribution in [3.63, 3.8) is 0 Å². The Hall–Kier alpha value is -3.72. The number of carbonyl (C=O) groups is 2. The highest BCUT2D eigenvalue weighted by atomic mass is 32.2. The van der Waals surface area contributed by atoms with Crippen molar-refractivity contribution in [3.8, 4) is 5.75 Å². The molecule has 1 saturated carbocycles. The Kier molecular flexibility index (Phi) is 5.10. The zero-order chi connectivity index (χ0) is 24.3. The summed E-state index contributed by atoms with van der Waals surface area (Å²) >= 11 is 1.73. The number of aromatic hydroxyl groups is 1. The molecule has 6 rings (SSSR count). The number of thioether (sulfide) groups is 1. The van der Waals surface area contributed by atoms with Gasteiger partial charge in [-0.25, -0.2) is 4.79 Å². The van der Waals surface area contributed by atoms with E-state index in [0.717, 1.165) is 40.2 Å². The Bertz CT molecular complexity index is 1380. The Balaban J connectivity index is 1.62. The highest BCUT2D eigenvalue weighted by Crippen LogP contribution is 2.43. The summed E-state index contributed by atoms with van der Waals surface area (Å²) in [4.78, 5) is 40.7. The van der Waals surface area contributed by atoms with Crippen molar-refractivity contribution in [2.45, 2.75) is 29.5 Å². The van der Waals surface area contributed by atoms with Crippen molar-refractivity contribution < 1.29 is 19.8 Å². The van der Waals surface area contributed by atoms with E-state index >= 15 is 0 Å². The van der Waals surface area contributed by atoms with Crippen molar-refractivity contribution in [2.75, 3.05) is 18.2 Å². The molecule has 2 N–H and O–H groups in total. The molecule has 3 aromatic rings. The molecule has 1 atom stereocenters. The number of benzene rings is 2. The highest BCUT2D eigenvalue weighted by molar-refractivity contribution is 7.98. The molecule has 0 radical (unpaired) electrons. The molecule has 1 aromatic heterocycles. The van der Waals surface area contributed by atoms with Crippen LogP contribution in [-0.4, -0.2) is 44.9 Å². The van der Waals surface area contributed by atoms with Gasteiger partial charge in [0.25, 0.3) is 5.91 Å². The fraction of sp³-hybridized carbons (Fsp3) is 0.269. The summed E-state index contributed by atoms with van der Waals surface area (Å²) in [5.41, 5.74) is 1.36. The van der Waals surface area contributed by atoms with E-state index < -0.39 is 28.6 Å². The number of pyridine rings is 1. The van der Waals surface area contributed by atoms with E-state index in [4.69, 9.17) is 0 Å². The van der Waals surface area contributed by atoms with E-state index in [-0.39, 0.29) is 18.4 Å². The fourth-order valence-corrected chi connectivity index (χ4v) is 6.07. The van der Waals surface area contributed by atoms with Crippen molar-refractivity contribution >= 4 is 23.6 Å². The van der Waals surface area contributed by atoms with Gasteiger partial charge in [0.1, 0.15) is 12.2 Å². The van der Waals surface area contributed by atoms with Crippen LogP contribution in [0.1, 0.15) is 56.4 Å². The predicted molar refractivity (Wildman–Crippen MR) is 130 cm³/mol. The number of hydrogen-bond donors (Lipinski definition) is 2. The van der Waals surface area contributed by atoms with Crippen LogP contribution in [0.3, 0.4) is 0 Å². The molecule has 0 saturated heterocycles. The van der Waals surface area contributed by atoms with Gasteiger partial charge in [-0.2, -0.15) is 0 Å². The highest BCUT2D eigenvalue weighted by Gasteiger charge is 2.41. The van der Waals surface area contributed by atoms with E-state index in [0.29, 0.717) is 12.5 Å². The summed E-state index contributed by atoms with van der Waals surface area (Å²) < 4.78 is 1.39. The average Bonchev–Trinajstić information content (AvgIpc) is 3.68. The Morgan fingerprint density at radius 3 is 2.49 bits per heavy atom. The van der Waals surface area contributed by atoms with Gasteiger partial charge in [0, 0.05) is 23.4 Å². The second-order valence-corrected chi connectivity index (χ2v) is 10.2. The Labute approximate surface area is 205 Å². The van der Waals surface area contributed by atoms with Gasteiger partial charge in [-0.05, 0) is 41.5 Å². The lowest BCUT2D eigenvalue weighted by molar-refractivity contribution is 0.0654. The first-order valence-electron chi connectivity index (χ1n) is 11.5. The largest absolute Gasteiger partial charge is 0.502 e. The van der Waals surface area contributed by atoms with Crippen molar-refractivity contribution in [2.24, 2.45) is 5.92 Å². The van der Waals surface area contributed by atoms with E-state index in [2.05, 4.69) is 12.1 Å². The molecule has 8 nitrogen and oxygen atoms in total. The van der Waals surface area contributed by atoms with Crippen LogP contribution in [-0.2, 0) is 5.75 Å². The molecule has 178 valence electrons. The molecule has 1 aliphatic carbocycles. The minimum Gasteiger partial charge on any atom is -0.502 e. The second kappa shape index (κ2) is 8.20. The zero-order valence-corrected chi connectivity index (χ0v) is 19.6. The first kappa shape index (κ1) is 21.8. The van der Waals surface area contributed by atoms with Gasteiger partial charge in [-0.15, -0.1) is 11.8 Å². The van der Waals surface area contributed by atoms with Crippen LogP contribution in [0.2, 0.25) is 0 Å². The molecule has 0 bridgehead atoms. The van der Waals surface area contributed by atoms with E-state index in [1.807, 2.05) is 41.4 Å². The molecule has 2 aromatic carbocycles. The molecule has 0 spiro atoms. The first-order chi connectivity index (χ1) is 16.9. The molecule has 9 heteroatoms. The Morgan fingerprint density at radius 2 is 1.74 bits per heavy atom. The maximum atomic E-state index is 13.4. The number of carboxylic acid groups (broad SMARTS) is 1. The molecule has 1 unspecified atom stereocenters. The number of hydrogen-bond acceptors (Lipinski definition) is 6. The van der Waals surface area contributed by atoms with Gasteiger partial charge >= 0.3 is 5.97 Å². The predicted octanol–water partition coefficient (Wildman–Crippen LogP) is 3.41. The molecule has 1 fully saturated rings. The van der Waals surface area contributed by atoms with Crippen LogP contribution < -0.4 is 10.4 Å². The van der Waals surface area contributed by atoms with Gasteiger partial charge in [0.15, 0.2) is 11.4 Å². The van der Waals surface area contributed by atoms with Crippen LogP contribution in [0.25, 0.3) is 0 Å². The van der Waals surface area contributed by atoms with Crippen molar-refractivity contribution in [1.29, 1.82) is 0 Å². The first-order valence-corrected chi connectivity index (χ1v) is 12.5. The minimum absolute atomic E-state index is 0.196. The van der Waals surface area contributed by atoms with E-state index in [9.17, 15) is 24.6 Å². The lowest BCUT2D eigenvalue weighted by atomic mass is 9.94. The number of carboxylic acids is 1. The van der Waals surface area contributed by atoms with Crippen LogP contribution in [0, 0.1) is 5.92 Å². The van der Waals surface area contributed by atoms with Crippen LogP contribution >= 0.6 is 11.8 Å². The average molecular weight is 490 g/mol. The van der Waals surface area contributed by atoms with Gasteiger partial charge in [0.05, 0.1) is 6.04 Å². The number of carbonyl (C=O) groups excluding carboxylic acids is 1. The summed E-state index contributed by atoms with van der Waals surface area (Å²) in [5.74, 6) is -1.59. The smallest absolute Gasteiger partial charge is 0.341 e. The summed E-state index contributed by atoms with van der Waals surface area (Å²) in [5, 5.41) is 22.3. The number of aromatic nitrogens is 1. The normalized spacial score (nSPS) is 19.0. The quantitative estimate of drug-likeness (QED) is 0.579. The molecule has 2 aliphatic heterocycles. The zero-order valence-electron chi connectivity index (χ0n) is 18.8. The second-order valence-electron chi connectivity index (χ2n) is 9.20. The molecule has 35 heavy (non-hydrogen) atoms. The summed E-state index contributed by atoms with van der Waals surface area (Å²) in [6, 6.07) is 15.8. The molecule has 1 amide bonds. The molecule has 3 heterocycles. The number of nitrogens with zero attached hydrogens (tertiary/aromatic N) is 3. The summed E-state index contributed by atoms with van der Waals surface area (Å²) in [7, 11) is 0. The monoisotopic (exact) mass is 489 g/mol. The van der Waals surface area contributed by atoms with Crippen molar-refractivity contribution in [1.82, 2.24) is 9.58 Å². The summed E-state index contributed by atoms with van der Waals surface area (Å²) in [6.45, 7) is 0.718. The van der Waals surface area contributed by atoms with Gasteiger partial charge in [-0.3, -0.25) is 19.3 Å². The third kappa shape index (κ3) is 3.58. The number of aromatic carboxylic acids is 1. The Morgan fingerprint density at radius 1 is 1.03 bits per heavy atom.